The lowest BCUT2D eigenvalue weighted by atomic mass is 9.96. The summed E-state index contributed by atoms with van der Waals surface area (Å²) in [6, 6.07) is 57.3. The fraction of sp³-hybridized carbons (Fsp3) is 0.255. The molecule has 8 rings (SSSR count). The summed E-state index contributed by atoms with van der Waals surface area (Å²) >= 11 is 0. The van der Waals surface area contributed by atoms with E-state index in [1.807, 2.05) is 0 Å². The van der Waals surface area contributed by atoms with Crippen molar-refractivity contribution in [3.63, 3.8) is 0 Å². The molecule has 3 heteroatoms. The van der Waals surface area contributed by atoms with E-state index in [4.69, 9.17) is 0 Å². The maximum atomic E-state index is 2.69. The third-order valence-corrected chi connectivity index (χ3v) is 27.0. The SMILES string of the molecule is CC(C)[Si](C(C)C)(C(C)C)C1([Si](C)(C)C)c2cc3cc(-c4ccccc4)ccc3cc2-c2cc3ccc(N(c4ccccc4)c4ccccc4)cc3cc21. The van der Waals surface area contributed by atoms with Gasteiger partial charge in [-0.1, -0.05) is 158 Å². The minimum absolute atomic E-state index is 0.000844. The fourth-order valence-electron chi connectivity index (χ4n) is 11.6. The second kappa shape index (κ2) is 13.5. The van der Waals surface area contributed by atoms with Crippen LogP contribution in [0.5, 0.6) is 0 Å². The number of nitrogens with zero attached hydrogens (tertiary/aromatic N) is 1. The minimum atomic E-state index is -2.22. The van der Waals surface area contributed by atoms with Crippen LogP contribution in [0.4, 0.5) is 17.1 Å². The summed E-state index contributed by atoms with van der Waals surface area (Å²) in [7, 11) is -4.27. The number of benzene rings is 7. The van der Waals surface area contributed by atoms with Crippen LogP contribution in [-0.2, 0) is 4.66 Å². The molecule has 0 aromatic heterocycles. The summed E-state index contributed by atoms with van der Waals surface area (Å²) in [5.41, 5.74) is 14.0. The molecular weight excluding hydrogens is 683 g/mol. The van der Waals surface area contributed by atoms with Crippen LogP contribution in [0.1, 0.15) is 52.7 Å². The van der Waals surface area contributed by atoms with Crippen LogP contribution in [0.15, 0.2) is 152 Å². The molecule has 0 radical (unpaired) electrons. The van der Waals surface area contributed by atoms with Crippen LogP contribution in [0.3, 0.4) is 0 Å². The van der Waals surface area contributed by atoms with Crippen LogP contribution in [-0.4, -0.2) is 16.1 Å². The van der Waals surface area contributed by atoms with Gasteiger partial charge in [-0.2, -0.15) is 0 Å². The molecule has 54 heavy (non-hydrogen) atoms. The first-order valence-electron chi connectivity index (χ1n) is 20.0. The summed E-state index contributed by atoms with van der Waals surface area (Å²) in [6.45, 7) is 23.6. The zero-order valence-corrected chi connectivity index (χ0v) is 35.6. The predicted molar refractivity (Wildman–Crippen MR) is 242 cm³/mol. The monoisotopic (exact) mass is 737 g/mol. The van der Waals surface area contributed by atoms with Gasteiger partial charge in [-0.05, 0) is 126 Å². The van der Waals surface area contributed by atoms with Crippen molar-refractivity contribution in [3.05, 3.63) is 163 Å². The number of rotatable bonds is 9. The quantitative estimate of drug-likeness (QED) is 0.133. The third kappa shape index (κ3) is 5.38. The van der Waals surface area contributed by atoms with Gasteiger partial charge in [0, 0.05) is 21.7 Å². The average molecular weight is 738 g/mol. The van der Waals surface area contributed by atoms with Gasteiger partial charge in [0.1, 0.15) is 0 Å². The first kappa shape index (κ1) is 36.3. The maximum absolute atomic E-state index is 2.69. The van der Waals surface area contributed by atoms with Crippen LogP contribution in [0, 0.1) is 0 Å². The highest BCUT2D eigenvalue weighted by Crippen LogP contribution is 2.66. The molecule has 1 nitrogen and oxygen atoms in total. The predicted octanol–water partition coefficient (Wildman–Crippen LogP) is 15.5. The van der Waals surface area contributed by atoms with Gasteiger partial charge in [0.05, 0.1) is 16.1 Å². The zero-order chi connectivity index (χ0) is 38.0. The van der Waals surface area contributed by atoms with Crippen molar-refractivity contribution < 1.29 is 0 Å². The highest BCUT2D eigenvalue weighted by Gasteiger charge is 2.67. The molecule has 7 aromatic carbocycles. The first-order valence-corrected chi connectivity index (χ1v) is 25.8. The Morgan fingerprint density at radius 2 is 0.852 bits per heavy atom. The molecule has 1 aliphatic carbocycles. The molecule has 7 aromatic rings. The number of para-hydroxylation sites is 2. The smallest absolute Gasteiger partial charge is 0.0745 e. The molecule has 272 valence electrons. The van der Waals surface area contributed by atoms with Crippen molar-refractivity contribution in [2.24, 2.45) is 0 Å². The van der Waals surface area contributed by atoms with Crippen molar-refractivity contribution in [2.75, 3.05) is 4.90 Å². The van der Waals surface area contributed by atoms with Crippen molar-refractivity contribution in [3.8, 4) is 22.3 Å². The van der Waals surface area contributed by atoms with E-state index < -0.39 is 16.1 Å². The minimum Gasteiger partial charge on any atom is -0.310 e. The Hall–Kier alpha value is -4.71. The summed E-state index contributed by atoms with van der Waals surface area (Å²) in [6.07, 6.45) is 0. The Morgan fingerprint density at radius 3 is 1.31 bits per heavy atom. The second-order valence-corrected chi connectivity index (χ2v) is 29.5. The average Bonchev–Trinajstić information content (AvgIpc) is 3.43. The Bertz CT molecular complexity index is 2400. The van der Waals surface area contributed by atoms with Crippen molar-refractivity contribution >= 4 is 54.8 Å². The van der Waals surface area contributed by atoms with Crippen molar-refractivity contribution in [1.82, 2.24) is 0 Å². The largest absolute Gasteiger partial charge is 0.310 e. The van der Waals surface area contributed by atoms with E-state index in [1.54, 1.807) is 11.1 Å². The molecule has 0 saturated heterocycles. The van der Waals surface area contributed by atoms with Crippen LogP contribution in [0.2, 0.25) is 36.3 Å². The highest BCUT2D eigenvalue weighted by atomic mass is 28.4. The topological polar surface area (TPSA) is 3.24 Å². The highest BCUT2D eigenvalue weighted by molar-refractivity contribution is 7.03. The van der Waals surface area contributed by atoms with Crippen LogP contribution >= 0.6 is 0 Å². The number of anilines is 3. The summed E-state index contributed by atoms with van der Waals surface area (Å²) in [4.78, 5) is 2.40. The molecule has 0 bridgehead atoms. The Kier molecular flexibility index (Phi) is 9.10. The number of fused-ring (bicyclic) bond motifs is 5. The first-order chi connectivity index (χ1) is 25.9. The molecule has 0 aliphatic heterocycles. The molecule has 0 fully saturated rings. The van der Waals surface area contributed by atoms with Gasteiger partial charge in [0.25, 0.3) is 0 Å². The van der Waals surface area contributed by atoms with Gasteiger partial charge < -0.3 is 4.90 Å². The standard InChI is InChI=1S/C51H55NSi2/c1-35(2)54(36(3)4,37(5)6)51(53(7,8)9)49-33-42-29-39(38-19-13-10-14-20-38)25-26-40(42)31-47(49)48-32-41-27-28-46(30-43(41)34-50(48)51)52(44-21-15-11-16-22-44)45-23-17-12-18-24-45/h10-37H,1-9H3. The number of hydrogen-bond acceptors (Lipinski definition) is 1. The van der Waals surface area contributed by atoms with E-state index in [9.17, 15) is 0 Å². The van der Waals surface area contributed by atoms with E-state index >= 15 is 0 Å². The van der Waals surface area contributed by atoms with Crippen molar-refractivity contribution in [2.45, 2.75) is 82.5 Å². The van der Waals surface area contributed by atoms with Gasteiger partial charge in [-0.25, -0.2) is 0 Å². The van der Waals surface area contributed by atoms with E-state index in [2.05, 4.69) is 218 Å². The second-order valence-electron chi connectivity index (χ2n) is 17.7. The Balaban J connectivity index is 1.46. The van der Waals surface area contributed by atoms with Gasteiger partial charge in [-0.3, -0.25) is 0 Å². The Labute approximate surface area is 325 Å². The molecule has 1 atom stereocenters. The summed E-state index contributed by atoms with van der Waals surface area (Å²) in [5.74, 6) is 0. The molecular formula is C51H55NSi2. The lowest BCUT2D eigenvalue weighted by molar-refractivity contribution is 0.732. The molecule has 1 unspecified atom stereocenters. The summed E-state index contributed by atoms with van der Waals surface area (Å²) < 4.78 is 0.000844. The lowest BCUT2D eigenvalue weighted by Gasteiger charge is -2.61. The molecule has 0 N–H and O–H groups in total. The van der Waals surface area contributed by atoms with E-state index in [-0.39, 0.29) is 4.66 Å². The van der Waals surface area contributed by atoms with Gasteiger partial charge >= 0.3 is 0 Å². The van der Waals surface area contributed by atoms with E-state index in [0.717, 1.165) is 0 Å². The lowest BCUT2D eigenvalue weighted by Crippen LogP contribution is -2.71. The van der Waals surface area contributed by atoms with Gasteiger partial charge in [0.15, 0.2) is 0 Å². The van der Waals surface area contributed by atoms with Gasteiger partial charge in [0.2, 0.25) is 0 Å². The zero-order valence-electron chi connectivity index (χ0n) is 33.6. The summed E-state index contributed by atoms with van der Waals surface area (Å²) in [5, 5.41) is 5.32. The molecule has 0 heterocycles. The Morgan fingerprint density at radius 1 is 0.407 bits per heavy atom. The van der Waals surface area contributed by atoms with E-state index in [0.29, 0.717) is 16.6 Å². The molecule has 0 amide bonds. The van der Waals surface area contributed by atoms with Crippen LogP contribution < -0.4 is 4.90 Å². The van der Waals surface area contributed by atoms with Crippen molar-refractivity contribution in [1.29, 1.82) is 0 Å². The van der Waals surface area contributed by atoms with Gasteiger partial charge in [-0.15, -0.1) is 0 Å². The third-order valence-electron chi connectivity index (χ3n) is 13.1. The number of hydrogen-bond donors (Lipinski definition) is 0. The normalized spacial score (nSPS) is 15.7. The molecule has 0 spiro atoms. The molecule has 1 aliphatic rings. The fourth-order valence-corrected chi connectivity index (χ4v) is 29.3. The van der Waals surface area contributed by atoms with E-state index in [1.165, 1.54) is 60.9 Å². The maximum Gasteiger partial charge on any atom is 0.0745 e. The molecule has 0 saturated carbocycles. The van der Waals surface area contributed by atoms with Crippen LogP contribution in [0.25, 0.3) is 43.8 Å².